The van der Waals surface area contributed by atoms with Gasteiger partial charge in [-0.1, -0.05) is 18.2 Å². The summed E-state index contributed by atoms with van der Waals surface area (Å²) in [6, 6.07) is 7.96. The highest BCUT2D eigenvalue weighted by molar-refractivity contribution is 5.57. The molecule has 1 aromatic carbocycles. The number of H-pyrrole nitrogens is 1. The van der Waals surface area contributed by atoms with Crippen LogP contribution in [0.5, 0.6) is 0 Å². The second-order valence-electron chi connectivity index (χ2n) is 5.80. The van der Waals surface area contributed by atoms with Gasteiger partial charge in [0.2, 0.25) is 11.6 Å². The highest BCUT2D eigenvalue weighted by atomic mass is 19.4. The van der Waals surface area contributed by atoms with Gasteiger partial charge >= 0.3 is 6.18 Å². The van der Waals surface area contributed by atoms with Crippen LogP contribution in [0.4, 0.5) is 17.6 Å². The topological polar surface area (TPSA) is 95.5 Å². The third-order valence-corrected chi connectivity index (χ3v) is 3.98. The van der Waals surface area contributed by atoms with Crippen LogP contribution in [0.25, 0.3) is 17.2 Å². The molecule has 0 atom stereocenters. The molecule has 0 unspecified atom stereocenters. The van der Waals surface area contributed by atoms with E-state index < -0.39 is 17.8 Å². The molecule has 0 aliphatic carbocycles. The first kappa shape index (κ1) is 17.6. The number of aromatic amines is 1. The third-order valence-electron chi connectivity index (χ3n) is 3.98. The number of alkyl halides is 3. The molecule has 0 fully saturated rings. The Labute approximate surface area is 154 Å². The molecule has 140 valence electrons. The fourth-order valence-electron chi connectivity index (χ4n) is 2.69. The van der Waals surface area contributed by atoms with Gasteiger partial charge in [0.05, 0.1) is 11.9 Å². The zero-order valence-electron chi connectivity index (χ0n) is 13.9. The Balaban J connectivity index is 1.87. The minimum Gasteiger partial charge on any atom is -0.287 e. The highest BCUT2D eigenvalue weighted by Crippen LogP contribution is 2.28. The summed E-state index contributed by atoms with van der Waals surface area (Å²) in [6.07, 6.45) is -2.07. The van der Waals surface area contributed by atoms with Crippen molar-refractivity contribution in [3.8, 4) is 17.6 Å². The molecular weight excluding hydrogens is 378 g/mol. The van der Waals surface area contributed by atoms with Crippen LogP contribution < -0.4 is 0 Å². The number of rotatable bonds is 3. The molecule has 4 rings (SSSR count). The van der Waals surface area contributed by atoms with Crippen LogP contribution in [0.3, 0.4) is 0 Å². The molecule has 0 amide bonds. The molecular formula is C17H9F4N7. The lowest BCUT2D eigenvalue weighted by Crippen LogP contribution is -2.07. The molecule has 0 bridgehead atoms. The summed E-state index contributed by atoms with van der Waals surface area (Å²) in [4.78, 5) is 11.8. The van der Waals surface area contributed by atoms with E-state index >= 15 is 0 Å². The Morgan fingerprint density at radius 3 is 2.64 bits per heavy atom. The Bertz CT molecular complexity index is 1220. The van der Waals surface area contributed by atoms with Crippen molar-refractivity contribution in [1.82, 2.24) is 29.5 Å². The average Bonchev–Trinajstić information content (AvgIpc) is 3.30. The van der Waals surface area contributed by atoms with Crippen LogP contribution in [0.1, 0.15) is 22.8 Å². The number of aromatic nitrogens is 6. The van der Waals surface area contributed by atoms with Crippen molar-refractivity contribution in [2.24, 2.45) is 0 Å². The predicted octanol–water partition coefficient (Wildman–Crippen LogP) is 3.13. The molecule has 3 aromatic heterocycles. The smallest absolute Gasteiger partial charge is 0.287 e. The van der Waals surface area contributed by atoms with Crippen molar-refractivity contribution >= 4 is 5.65 Å². The molecule has 4 aromatic rings. The van der Waals surface area contributed by atoms with Gasteiger partial charge in [0.25, 0.3) is 0 Å². The lowest BCUT2D eigenvalue weighted by atomic mass is 10.1. The molecule has 0 spiro atoms. The van der Waals surface area contributed by atoms with Gasteiger partial charge in [-0.3, -0.25) is 9.50 Å². The number of fused-ring (bicyclic) bond motifs is 1. The number of nitrogens with zero attached hydrogens (tertiary/aromatic N) is 6. The first-order valence-corrected chi connectivity index (χ1v) is 7.87. The molecule has 0 saturated heterocycles. The van der Waals surface area contributed by atoms with Crippen LogP contribution in [0, 0.1) is 17.1 Å². The monoisotopic (exact) mass is 387 g/mol. The number of nitriles is 1. The number of hydrogen-bond acceptors (Lipinski definition) is 5. The predicted molar refractivity (Wildman–Crippen MR) is 87.3 cm³/mol. The zero-order valence-corrected chi connectivity index (χ0v) is 13.9. The van der Waals surface area contributed by atoms with Gasteiger partial charge in [-0.05, 0) is 11.6 Å². The summed E-state index contributed by atoms with van der Waals surface area (Å²) in [6.45, 7) is 0. The fourth-order valence-corrected chi connectivity index (χ4v) is 2.69. The van der Waals surface area contributed by atoms with E-state index in [0.29, 0.717) is 5.56 Å². The van der Waals surface area contributed by atoms with Crippen molar-refractivity contribution in [3.05, 3.63) is 65.3 Å². The van der Waals surface area contributed by atoms with E-state index in [9.17, 15) is 22.8 Å². The molecule has 28 heavy (non-hydrogen) atoms. The quantitative estimate of drug-likeness (QED) is 0.545. The lowest BCUT2D eigenvalue weighted by Gasteiger charge is -2.07. The number of nitrogens with one attached hydrogen (secondary N) is 1. The molecule has 7 nitrogen and oxygen atoms in total. The van der Waals surface area contributed by atoms with Crippen molar-refractivity contribution < 1.29 is 17.6 Å². The second kappa shape index (κ2) is 6.41. The first-order valence-electron chi connectivity index (χ1n) is 7.87. The van der Waals surface area contributed by atoms with Crippen molar-refractivity contribution in [2.45, 2.75) is 12.6 Å². The zero-order chi connectivity index (χ0) is 19.9. The van der Waals surface area contributed by atoms with Gasteiger partial charge < -0.3 is 0 Å². The van der Waals surface area contributed by atoms with E-state index in [1.54, 1.807) is 12.1 Å². The van der Waals surface area contributed by atoms with Crippen LogP contribution in [0.2, 0.25) is 0 Å². The van der Waals surface area contributed by atoms with Gasteiger partial charge in [-0.15, -0.1) is 0 Å². The minimum absolute atomic E-state index is 0.0138. The van der Waals surface area contributed by atoms with E-state index in [-0.39, 0.29) is 35.0 Å². The summed E-state index contributed by atoms with van der Waals surface area (Å²) >= 11 is 0. The summed E-state index contributed by atoms with van der Waals surface area (Å²) in [5.74, 6) is -2.04. The molecule has 0 saturated carbocycles. The summed E-state index contributed by atoms with van der Waals surface area (Å²) in [7, 11) is 0. The normalized spacial score (nSPS) is 11.7. The largest absolute Gasteiger partial charge is 0.451 e. The van der Waals surface area contributed by atoms with Crippen molar-refractivity contribution in [3.63, 3.8) is 0 Å². The van der Waals surface area contributed by atoms with Crippen LogP contribution >= 0.6 is 0 Å². The Morgan fingerprint density at radius 2 is 1.96 bits per heavy atom. The van der Waals surface area contributed by atoms with Gasteiger partial charge in [0.1, 0.15) is 23.3 Å². The standard InChI is InChI=1S/C17H9F4N7/c18-11-4-2-1-3-9(11)5-12-15-23-7-10(6-22)28(15)8-13(24-12)14-25-16(27-26-14)17(19,20)21/h1-4,7-8H,5H2,(H,25,26,27). The molecule has 3 heterocycles. The third kappa shape index (κ3) is 3.05. The Kier molecular flexibility index (Phi) is 4.03. The SMILES string of the molecule is N#Cc1cnc2c(Cc3ccccc3F)nc(-c3n[nH]c(C(F)(F)F)n3)cn12. The fraction of sp³-hybridized carbons (Fsp3) is 0.118. The summed E-state index contributed by atoms with van der Waals surface area (Å²) in [5.41, 5.74) is 0.999. The molecule has 1 N–H and O–H groups in total. The van der Waals surface area contributed by atoms with E-state index in [1.165, 1.54) is 28.9 Å². The lowest BCUT2D eigenvalue weighted by molar-refractivity contribution is -0.144. The maximum absolute atomic E-state index is 14.0. The number of hydrogen-bond donors (Lipinski definition) is 1. The Morgan fingerprint density at radius 1 is 1.18 bits per heavy atom. The number of imidazole rings is 1. The maximum Gasteiger partial charge on any atom is 0.451 e. The average molecular weight is 387 g/mol. The van der Waals surface area contributed by atoms with Gasteiger partial charge in [-0.25, -0.2) is 19.3 Å². The van der Waals surface area contributed by atoms with E-state index in [1.807, 2.05) is 11.2 Å². The Hall–Kier alpha value is -3.81. The van der Waals surface area contributed by atoms with Gasteiger partial charge in [0, 0.05) is 12.6 Å². The van der Waals surface area contributed by atoms with Gasteiger partial charge in [0.15, 0.2) is 5.65 Å². The van der Waals surface area contributed by atoms with Crippen molar-refractivity contribution in [1.29, 1.82) is 5.26 Å². The van der Waals surface area contributed by atoms with E-state index in [0.717, 1.165) is 0 Å². The van der Waals surface area contributed by atoms with Gasteiger partial charge in [-0.2, -0.15) is 23.5 Å². The van der Waals surface area contributed by atoms with Crippen LogP contribution in [-0.2, 0) is 12.6 Å². The highest BCUT2D eigenvalue weighted by Gasteiger charge is 2.35. The molecule has 0 radical (unpaired) electrons. The molecule has 0 aliphatic heterocycles. The second-order valence-corrected chi connectivity index (χ2v) is 5.80. The minimum atomic E-state index is -4.70. The van der Waals surface area contributed by atoms with Crippen LogP contribution in [-0.4, -0.2) is 29.5 Å². The molecule has 11 heteroatoms. The van der Waals surface area contributed by atoms with E-state index in [2.05, 4.69) is 20.1 Å². The first-order chi connectivity index (χ1) is 13.4. The van der Waals surface area contributed by atoms with E-state index in [4.69, 9.17) is 0 Å². The summed E-state index contributed by atoms with van der Waals surface area (Å²) in [5, 5.41) is 14.6. The summed E-state index contributed by atoms with van der Waals surface area (Å²) < 4.78 is 53.8. The van der Waals surface area contributed by atoms with Crippen LogP contribution in [0.15, 0.2) is 36.7 Å². The number of benzene rings is 1. The maximum atomic E-state index is 14.0. The molecule has 0 aliphatic rings. The van der Waals surface area contributed by atoms with Crippen molar-refractivity contribution in [2.75, 3.05) is 0 Å². The number of halogens is 4.